The van der Waals surface area contributed by atoms with Crippen LogP contribution in [-0.2, 0) is 27.4 Å². The number of aromatic amines is 1. The molecule has 0 bridgehead atoms. The minimum absolute atomic E-state index is 0.0236. The summed E-state index contributed by atoms with van der Waals surface area (Å²) in [6, 6.07) is 10.2. The molecule has 0 aliphatic carbocycles. The van der Waals surface area contributed by atoms with Crippen LogP contribution in [-0.4, -0.2) is 37.2 Å². The van der Waals surface area contributed by atoms with Crippen LogP contribution in [0, 0.1) is 0 Å². The third-order valence-corrected chi connectivity index (χ3v) is 7.10. The minimum Gasteiger partial charge on any atom is -0.497 e. The lowest BCUT2D eigenvalue weighted by atomic mass is 10.2. The average Bonchev–Trinajstić information content (AvgIpc) is 2.81. The number of sulfone groups is 1. The van der Waals surface area contributed by atoms with E-state index in [1.165, 1.54) is 7.11 Å². The number of nitrogens with zero attached hydrogens (tertiary/aromatic N) is 1. The second-order valence-electron chi connectivity index (χ2n) is 6.83. The summed E-state index contributed by atoms with van der Waals surface area (Å²) in [5, 5.41) is 2.66. The number of carbonyl (C=O) groups excluding carboxylic acids is 1. The molecule has 34 heavy (non-hydrogen) atoms. The van der Waals surface area contributed by atoms with E-state index in [2.05, 4.69) is 15.3 Å². The molecule has 0 radical (unpaired) electrons. The van der Waals surface area contributed by atoms with Crippen LogP contribution in [0.1, 0.15) is 11.1 Å². The van der Waals surface area contributed by atoms with Gasteiger partial charge in [0.25, 0.3) is 5.56 Å². The molecule has 0 fully saturated rings. The summed E-state index contributed by atoms with van der Waals surface area (Å²) in [5.74, 6) is 0.159. The maximum absolute atomic E-state index is 12.9. The molecular weight excluding hydrogens is 495 g/mol. The Hall–Kier alpha value is -3.32. The molecule has 0 saturated heterocycles. The molecule has 1 heterocycles. The van der Waals surface area contributed by atoms with Crippen molar-refractivity contribution in [3.05, 3.63) is 76.2 Å². The van der Waals surface area contributed by atoms with Gasteiger partial charge in [-0.25, -0.2) is 13.4 Å². The number of hydrogen-bond donors (Lipinski definition) is 2. The van der Waals surface area contributed by atoms with E-state index in [0.717, 1.165) is 41.7 Å². The Balaban J connectivity index is 1.67. The smallest absolute Gasteiger partial charge is 0.416 e. The Morgan fingerprint density at radius 1 is 1.18 bits per heavy atom. The summed E-state index contributed by atoms with van der Waals surface area (Å²) in [6.45, 7) is 0.245. The van der Waals surface area contributed by atoms with E-state index in [1.807, 2.05) is 0 Å². The van der Waals surface area contributed by atoms with Gasteiger partial charge >= 0.3 is 6.18 Å². The van der Waals surface area contributed by atoms with Gasteiger partial charge in [0.05, 0.1) is 29.5 Å². The number of H-pyrrole nitrogens is 1. The van der Waals surface area contributed by atoms with Gasteiger partial charge in [-0.05, 0) is 35.9 Å². The maximum Gasteiger partial charge on any atom is 0.416 e. The Labute approximate surface area is 196 Å². The normalized spacial score (nSPS) is 11.8. The van der Waals surface area contributed by atoms with Crippen molar-refractivity contribution < 1.29 is 31.1 Å². The predicted molar refractivity (Wildman–Crippen MR) is 117 cm³/mol. The summed E-state index contributed by atoms with van der Waals surface area (Å²) >= 11 is 0.859. The van der Waals surface area contributed by atoms with E-state index in [4.69, 9.17) is 4.74 Å². The third-order valence-electron chi connectivity index (χ3n) is 4.47. The van der Waals surface area contributed by atoms with Gasteiger partial charge in [0.1, 0.15) is 5.75 Å². The Bertz CT molecular complexity index is 1360. The Morgan fingerprint density at radius 2 is 1.91 bits per heavy atom. The molecule has 3 rings (SSSR count). The minimum atomic E-state index is -4.75. The van der Waals surface area contributed by atoms with Crippen LogP contribution < -0.4 is 15.6 Å². The molecule has 2 N–H and O–H groups in total. The van der Waals surface area contributed by atoms with E-state index < -0.39 is 36.9 Å². The van der Waals surface area contributed by atoms with Crippen molar-refractivity contribution >= 4 is 27.5 Å². The molecule has 0 atom stereocenters. The summed E-state index contributed by atoms with van der Waals surface area (Å²) in [4.78, 5) is 29.0. The number of methoxy groups -OCH3 is 1. The van der Waals surface area contributed by atoms with E-state index in [9.17, 15) is 31.2 Å². The number of thioether (sulfide) groups is 1. The number of hydrogen-bond acceptors (Lipinski definition) is 7. The fourth-order valence-corrected chi connectivity index (χ4v) is 4.71. The molecule has 13 heteroatoms. The van der Waals surface area contributed by atoms with Crippen LogP contribution >= 0.6 is 11.8 Å². The van der Waals surface area contributed by atoms with Crippen LogP contribution in [0.3, 0.4) is 0 Å². The summed E-state index contributed by atoms with van der Waals surface area (Å²) < 4.78 is 69.2. The zero-order valence-corrected chi connectivity index (χ0v) is 19.2. The highest BCUT2D eigenvalue weighted by Gasteiger charge is 2.32. The fraction of sp³-hybridized carbons (Fsp3) is 0.190. The number of benzene rings is 2. The van der Waals surface area contributed by atoms with Gasteiger partial charge in [-0.3, -0.25) is 9.59 Å². The number of alkyl halides is 3. The van der Waals surface area contributed by atoms with Crippen LogP contribution in [0.25, 0.3) is 0 Å². The first-order valence-electron chi connectivity index (χ1n) is 9.55. The first kappa shape index (κ1) is 25.3. The van der Waals surface area contributed by atoms with E-state index in [-0.39, 0.29) is 23.4 Å². The number of rotatable bonds is 8. The highest BCUT2D eigenvalue weighted by Crippen LogP contribution is 2.31. The number of halogens is 3. The van der Waals surface area contributed by atoms with Gasteiger partial charge in [0.15, 0.2) is 10.1 Å². The number of ether oxygens (including phenoxy) is 1. The molecule has 0 aliphatic rings. The zero-order valence-electron chi connectivity index (χ0n) is 17.5. The molecule has 8 nitrogen and oxygen atoms in total. The van der Waals surface area contributed by atoms with E-state index >= 15 is 0 Å². The highest BCUT2D eigenvalue weighted by molar-refractivity contribution is 7.99. The van der Waals surface area contributed by atoms with Crippen LogP contribution in [0.2, 0.25) is 0 Å². The monoisotopic (exact) mass is 513 g/mol. The molecule has 0 spiro atoms. The molecule has 0 unspecified atom stereocenters. The summed E-state index contributed by atoms with van der Waals surface area (Å²) in [7, 11) is -3.02. The third kappa shape index (κ3) is 6.17. The van der Waals surface area contributed by atoms with Gasteiger partial charge in [-0.2, -0.15) is 13.2 Å². The lowest BCUT2D eigenvalue weighted by molar-refractivity contribution is -0.137. The fourth-order valence-electron chi connectivity index (χ4n) is 2.77. The summed E-state index contributed by atoms with van der Waals surface area (Å²) in [6.07, 6.45) is -3.99. The van der Waals surface area contributed by atoms with Gasteiger partial charge in [-0.15, -0.1) is 0 Å². The quantitative estimate of drug-likeness (QED) is 0.351. The van der Waals surface area contributed by atoms with Crippen LogP contribution in [0.4, 0.5) is 13.2 Å². The molecule has 2 aromatic carbocycles. The molecule has 3 aromatic rings. The first-order chi connectivity index (χ1) is 16.0. The first-order valence-corrected chi connectivity index (χ1v) is 12.0. The topological polar surface area (TPSA) is 118 Å². The van der Waals surface area contributed by atoms with Crippen LogP contribution in [0.15, 0.2) is 74.5 Å². The lowest BCUT2D eigenvalue weighted by Gasteiger charge is -2.09. The van der Waals surface area contributed by atoms with E-state index in [1.54, 1.807) is 24.3 Å². The number of carbonyl (C=O) groups is 1. The molecular formula is C21H18F3N3O5S2. The Morgan fingerprint density at radius 3 is 2.59 bits per heavy atom. The SMILES string of the molecule is COc1cccc(CNC(=O)CSc2ncc(S(=O)(=O)c3cccc(C(F)(F)F)c3)c(=O)[nH]2)c1. The second-order valence-corrected chi connectivity index (χ2v) is 9.71. The predicted octanol–water partition coefficient (Wildman–Crippen LogP) is 3.04. The second kappa shape index (κ2) is 10.3. The number of aromatic nitrogens is 2. The van der Waals surface area contributed by atoms with Crippen molar-refractivity contribution in [3.63, 3.8) is 0 Å². The van der Waals surface area contributed by atoms with Crippen molar-refractivity contribution in [1.29, 1.82) is 0 Å². The largest absolute Gasteiger partial charge is 0.497 e. The molecule has 180 valence electrons. The zero-order chi connectivity index (χ0) is 24.9. The van der Waals surface area contributed by atoms with Gasteiger partial charge < -0.3 is 15.0 Å². The average molecular weight is 514 g/mol. The van der Waals surface area contributed by atoms with Crippen molar-refractivity contribution in [2.24, 2.45) is 0 Å². The lowest BCUT2D eigenvalue weighted by Crippen LogP contribution is -2.25. The number of amides is 1. The van der Waals surface area contributed by atoms with Gasteiger partial charge in [0.2, 0.25) is 15.7 Å². The molecule has 0 saturated carbocycles. The standard InChI is InChI=1S/C21H18F3N3O5S2/c1-32-15-6-2-4-13(8-15)10-25-18(28)12-33-20-26-11-17(19(29)27-20)34(30,31)16-7-3-5-14(9-16)21(22,23)24/h2-9,11H,10,12H2,1H3,(H,25,28)(H,26,27,29). The summed E-state index contributed by atoms with van der Waals surface area (Å²) in [5.41, 5.74) is -1.41. The highest BCUT2D eigenvalue weighted by atomic mass is 32.2. The van der Waals surface area contributed by atoms with Gasteiger partial charge in [0, 0.05) is 6.54 Å². The van der Waals surface area contributed by atoms with Crippen molar-refractivity contribution in [3.8, 4) is 5.75 Å². The molecule has 0 aliphatic heterocycles. The van der Waals surface area contributed by atoms with Crippen molar-refractivity contribution in [2.75, 3.05) is 12.9 Å². The number of nitrogens with one attached hydrogen (secondary N) is 2. The van der Waals surface area contributed by atoms with E-state index in [0.29, 0.717) is 11.8 Å². The van der Waals surface area contributed by atoms with Gasteiger partial charge in [-0.1, -0.05) is 30.0 Å². The Kier molecular flexibility index (Phi) is 7.67. The molecule has 1 amide bonds. The maximum atomic E-state index is 12.9. The van der Waals surface area contributed by atoms with Crippen molar-refractivity contribution in [1.82, 2.24) is 15.3 Å². The van der Waals surface area contributed by atoms with Crippen molar-refractivity contribution in [2.45, 2.75) is 27.7 Å². The van der Waals surface area contributed by atoms with Crippen LogP contribution in [0.5, 0.6) is 5.75 Å². The molecule has 1 aromatic heterocycles.